The van der Waals surface area contributed by atoms with Crippen LogP contribution < -0.4 is 15.2 Å². The Kier molecular flexibility index (Phi) is 5.30. The second-order valence-electron chi connectivity index (χ2n) is 8.34. The first-order chi connectivity index (χ1) is 15.6. The molecule has 0 aliphatic carbocycles. The summed E-state index contributed by atoms with van der Waals surface area (Å²) in [6.45, 7) is 6.51. The normalized spacial score (nSPS) is 15.0. The van der Waals surface area contributed by atoms with Crippen LogP contribution in [-0.2, 0) is 20.0 Å². The van der Waals surface area contributed by atoms with E-state index in [9.17, 15) is 4.79 Å². The number of ether oxygens (including phenoxy) is 1. The molecule has 4 aromatic rings. The Morgan fingerprint density at radius 1 is 1.12 bits per heavy atom. The smallest absolute Gasteiger partial charge is 0.251 e. The van der Waals surface area contributed by atoms with Crippen LogP contribution in [0.3, 0.4) is 0 Å². The number of fused-ring (bicyclic) bond motifs is 2. The molecule has 8 heteroatoms. The summed E-state index contributed by atoms with van der Waals surface area (Å²) in [6.07, 6.45) is 4.50. The Labute approximate surface area is 186 Å². The number of aryl methyl sites for hydroxylation is 2. The molecule has 0 unspecified atom stereocenters. The second-order valence-corrected chi connectivity index (χ2v) is 8.34. The van der Waals surface area contributed by atoms with Crippen molar-refractivity contribution in [2.75, 3.05) is 38.2 Å². The topological polar surface area (TPSA) is 79.3 Å². The highest BCUT2D eigenvalue weighted by Gasteiger charge is 2.22. The molecule has 0 saturated carbocycles. The molecule has 8 nitrogen and oxygen atoms in total. The molecule has 1 aromatic carbocycles. The summed E-state index contributed by atoms with van der Waals surface area (Å²) >= 11 is 0. The van der Waals surface area contributed by atoms with Crippen LogP contribution in [0.2, 0.25) is 0 Å². The fourth-order valence-electron chi connectivity index (χ4n) is 4.58. The van der Waals surface area contributed by atoms with Crippen LogP contribution in [0.5, 0.6) is 5.75 Å². The number of nitrogens with one attached hydrogen (secondary N) is 1. The number of hydrogen-bond acceptors (Lipinski definition) is 6. The Bertz CT molecular complexity index is 1330. The average molecular weight is 433 g/mol. The number of hydrogen-bond donors (Lipinski definition) is 1. The molecule has 32 heavy (non-hydrogen) atoms. The number of rotatable bonds is 5. The van der Waals surface area contributed by atoms with Crippen LogP contribution in [0.25, 0.3) is 21.9 Å². The van der Waals surface area contributed by atoms with E-state index in [1.54, 1.807) is 7.11 Å². The summed E-state index contributed by atoms with van der Waals surface area (Å²) in [5.41, 5.74) is 5.69. The van der Waals surface area contributed by atoms with Crippen molar-refractivity contribution in [3.05, 3.63) is 58.1 Å². The lowest BCUT2D eigenvalue weighted by molar-refractivity contribution is 0.249. The van der Waals surface area contributed by atoms with Gasteiger partial charge in [0.1, 0.15) is 0 Å². The number of H-pyrrole nitrogens is 1. The first-order valence-corrected chi connectivity index (χ1v) is 11.0. The van der Waals surface area contributed by atoms with E-state index in [1.165, 1.54) is 0 Å². The van der Waals surface area contributed by atoms with Crippen molar-refractivity contribution in [2.24, 2.45) is 7.05 Å². The Balaban J connectivity index is 1.30. The molecule has 1 aliphatic heterocycles. The van der Waals surface area contributed by atoms with Crippen LogP contribution in [0.4, 0.5) is 5.69 Å². The standard InChI is InChI=1S/C24H28N6O2/c1-4-17-12-19-20(27-24(17)31)11-16(13-25-19)15-29-7-9-30(10-8-29)22-6-5-21-18(23(22)32-3)14-26-28(21)2/h5-6,11-14H,4,7-10,15H2,1-3H3,(H,27,31). The van der Waals surface area contributed by atoms with Crippen molar-refractivity contribution < 1.29 is 4.74 Å². The minimum absolute atomic E-state index is 0.0212. The molecular formula is C24H28N6O2. The van der Waals surface area contributed by atoms with Gasteiger partial charge in [-0.1, -0.05) is 6.92 Å². The molecule has 4 heterocycles. The Morgan fingerprint density at radius 2 is 1.94 bits per heavy atom. The van der Waals surface area contributed by atoms with Crippen LogP contribution in [-0.4, -0.2) is 57.9 Å². The van der Waals surface area contributed by atoms with Crippen molar-refractivity contribution in [1.82, 2.24) is 24.6 Å². The predicted molar refractivity (Wildman–Crippen MR) is 126 cm³/mol. The first kappa shape index (κ1) is 20.5. The number of methoxy groups -OCH3 is 1. The van der Waals surface area contributed by atoms with Gasteiger partial charge in [0.25, 0.3) is 5.56 Å². The maximum absolute atomic E-state index is 12.2. The summed E-state index contributed by atoms with van der Waals surface area (Å²) in [7, 11) is 3.67. The molecule has 0 radical (unpaired) electrons. The summed E-state index contributed by atoms with van der Waals surface area (Å²) in [4.78, 5) is 24.5. The van der Waals surface area contributed by atoms with Gasteiger partial charge in [-0.15, -0.1) is 0 Å². The lowest BCUT2D eigenvalue weighted by atomic mass is 10.1. The molecule has 1 N–H and O–H groups in total. The number of anilines is 1. The van der Waals surface area contributed by atoms with Crippen molar-refractivity contribution >= 4 is 27.6 Å². The van der Waals surface area contributed by atoms with Gasteiger partial charge >= 0.3 is 0 Å². The molecule has 3 aromatic heterocycles. The minimum atomic E-state index is -0.0212. The molecule has 1 aliphatic rings. The highest BCUT2D eigenvalue weighted by atomic mass is 16.5. The molecule has 1 saturated heterocycles. The number of pyridine rings is 2. The van der Waals surface area contributed by atoms with E-state index in [-0.39, 0.29) is 5.56 Å². The first-order valence-electron chi connectivity index (χ1n) is 11.0. The van der Waals surface area contributed by atoms with Gasteiger partial charge in [0, 0.05) is 51.5 Å². The fraction of sp³-hybridized carbons (Fsp3) is 0.375. The molecule has 0 bridgehead atoms. The Morgan fingerprint density at radius 3 is 2.69 bits per heavy atom. The zero-order valence-electron chi connectivity index (χ0n) is 18.8. The number of aromatic amines is 1. The van der Waals surface area contributed by atoms with Crippen LogP contribution in [0, 0.1) is 0 Å². The maximum atomic E-state index is 12.2. The van der Waals surface area contributed by atoms with E-state index in [1.807, 2.05) is 37.1 Å². The molecule has 0 amide bonds. The lowest BCUT2D eigenvalue weighted by Gasteiger charge is -2.36. The van der Waals surface area contributed by atoms with Crippen LogP contribution in [0.15, 0.2) is 41.5 Å². The molecule has 1 fully saturated rings. The van der Waals surface area contributed by atoms with Gasteiger partial charge in [0.05, 0.1) is 40.9 Å². The maximum Gasteiger partial charge on any atom is 0.251 e. The minimum Gasteiger partial charge on any atom is -0.494 e. The van der Waals surface area contributed by atoms with E-state index in [0.717, 1.165) is 77.2 Å². The van der Waals surface area contributed by atoms with Crippen molar-refractivity contribution in [1.29, 1.82) is 0 Å². The predicted octanol–water partition coefficient (Wildman–Crippen LogP) is 2.70. The van der Waals surface area contributed by atoms with Crippen LogP contribution >= 0.6 is 0 Å². The van der Waals surface area contributed by atoms with E-state index >= 15 is 0 Å². The van der Waals surface area contributed by atoms with E-state index in [2.05, 4.69) is 43.1 Å². The number of nitrogens with zero attached hydrogens (tertiary/aromatic N) is 5. The molecule has 5 rings (SSSR count). The van der Waals surface area contributed by atoms with Crippen LogP contribution in [0.1, 0.15) is 18.1 Å². The third kappa shape index (κ3) is 3.60. The zero-order valence-corrected chi connectivity index (χ0v) is 18.8. The fourth-order valence-corrected chi connectivity index (χ4v) is 4.58. The Hall–Kier alpha value is -3.39. The van der Waals surface area contributed by atoms with Gasteiger partial charge < -0.3 is 14.6 Å². The lowest BCUT2D eigenvalue weighted by Crippen LogP contribution is -2.46. The average Bonchev–Trinajstić information content (AvgIpc) is 3.19. The summed E-state index contributed by atoms with van der Waals surface area (Å²) < 4.78 is 7.64. The summed E-state index contributed by atoms with van der Waals surface area (Å²) in [5, 5.41) is 5.41. The SMILES string of the molecule is CCc1cc2ncc(CN3CCN(c4ccc5c(cnn5C)c4OC)CC3)cc2[nH]c1=O. The number of benzene rings is 1. The van der Waals surface area contributed by atoms with Crippen molar-refractivity contribution in [3.8, 4) is 5.75 Å². The van der Waals surface area contributed by atoms with E-state index in [4.69, 9.17) is 4.74 Å². The summed E-state index contributed by atoms with van der Waals surface area (Å²) in [5.74, 6) is 0.887. The second kappa shape index (κ2) is 8.27. The van der Waals surface area contributed by atoms with Gasteiger partial charge in [0.15, 0.2) is 5.75 Å². The third-order valence-corrected chi connectivity index (χ3v) is 6.39. The van der Waals surface area contributed by atoms with E-state index < -0.39 is 0 Å². The molecular weight excluding hydrogens is 404 g/mol. The summed E-state index contributed by atoms with van der Waals surface area (Å²) in [6, 6.07) is 8.18. The zero-order chi connectivity index (χ0) is 22.2. The highest BCUT2D eigenvalue weighted by Crippen LogP contribution is 2.36. The van der Waals surface area contributed by atoms with Gasteiger partial charge in [0.2, 0.25) is 0 Å². The highest BCUT2D eigenvalue weighted by molar-refractivity contribution is 5.91. The van der Waals surface area contributed by atoms with E-state index in [0.29, 0.717) is 6.42 Å². The van der Waals surface area contributed by atoms with Gasteiger partial charge in [-0.2, -0.15) is 5.10 Å². The number of piperazine rings is 1. The van der Waals surface area contributed by atoms with Crippen molar-refractivity contribution in [2.45, 2.75) is 19.9 Å². The molecule has 0 atom stereocenters. The third-order valence-electron chi connectivity index (χ3n) is 6.39. The molecule has 0 spiro atoms. The largest absolute Gasteiger partial charge is 0.494 e. The monoisotopic (exact) mass is 432 g/mol. The molecule has 166 valence electrons. The van der Waals surface area contributed by atoms with Gasteiger partial charge in [-0.3, -0.25) is 19.4 Å². The number of aromatic nitrogens is 4. The van der Waals surface area contributed by atoms with Gasteiger partial charge in [-0.05, 0) is 36.2 Å². The van der Waals surface area contributed by atoms with Crippen molar-refractivity contribution in [3.63, 3.8) is 0 Å². The van der Waals surface area contributed by atoms with Gasteiger partial charge in [-0.25, -0.2) is 0 Å². The quantitative estimate of drug-likeness (QED) is 0.522.